The van der Waals surface area contributed by atoms with Gasteiger partial charge in [0.05, 0.1) is 23.3 Å². The molecule has 2 N–H and O–H groups in total. The fourth-order valence-corrected chi connectivity index (χ4v) is 5.58. The Hall–Kier alpha value is -3.80. The summed E-state index contributed by atoms with van der Waals surface area (Å²) in [6, 6.07) is 9.76. The number of aromatic nitrogens is 3. The largest absolute Gasteiger partial charge is 0.479 e. The maximum atomic E-state index is 14.9. The number of benzene rings is 2. The van der Waals surface area contributed by atoms with Crippen molar-refractivity contribution < 1.29 is 23.1 Å². The van der Waals surface area contributed by atoms with E-state index in [1.165, 1.54) is 6.07 Å². The number of alkyl halides is 1. The molecular weight excluding hydrogens is 469 g/mol. The van der Waals surface area contributed by atoms with Gasteiger partial charge in [0.1, 0.15) is 0 Å². The lowest BCUT2D eigenvalue weighted by molar-refractivity contribution is -0.153. The molecule has 0 unspecified atom stereocenters. The molecule has 0 amide bonds. The molecule has 0 radical (unpaired) electrons. The fourth-order valence-electron chi connectivity index (χ4n) is 5.58. The van der Waals surface area contributed by atoms with Crippen molar-refractivity contribution in [1.29, 1.82) is 5.26 Å². The third-order valence-corrected chi connectivity index (χ3v) is 7.46. The van der Waals surface area contributed by atoms with Crippen LogP contribution in [0.15, 0.2) is 36.5 Å². The molecule has 36 heavy (non-hydrogen) atoms. The highest BCUT2D eigenvalue weighted by Gasteiger charge is 2.44. The molecule has 0 spiro atoms. The van der Waals surface area contributed by atoms with E-state index < -0.39 is 28.7 Å². The average Bonchev–Trinajstić information content (AvgIpc) is 3.42. The van der Waals surface area contributed by atoms with Gasteiger partial charge in [0.2, 0.25) is 5.67 Å². The van der Waals surface area contributed by atoms with Crippen LogP contribution in [0.5, 0.6) is 0 Å². The van der Waals surface area contributed by atoms with Crippen molar-refractivity contribution in [3.8, 4) is 11.8 Å². The molecule has 1 fully saturated rings. The molecule has 0 saturated heterocycles. The van der Waals surface area contributed by atoms with Crippen molar-refractivity contribution in [1.82, 2.24) is 14.8 Å². The topological polar surface area (TPSA) is 94.7 Å². The van der Waals surface area contributed by atoms with Gasteiger partial charge >= 0.3 is 5.97 Å². The zero-order chi connectivity index (χ0) is 25.8. The number of H-pyrrole nitrogens is 1. The summed E-state index contributed by atoms with van der Waals surface area (Å²) in [6.45, 7) is 3.83. The van der Waals surface area contributed by atoms with E-state index in [0.717, 1.165) is 45.2 Å². The summed E-state index contributed by atoms with van der Waals surface area (Å²) in [7, 11) is 0. The Morgan fingerprint density at radius 3 is 2.61 bits per heavy atom. The molecule has 0 atom stereocenters. The van der Waals surface area contributed by atoms with E-state index in [2.05, 4.69) is 16.3 Å². The van der Waals surface area contributed by atoms with Crippen LogP contribution in [0.3, 0.4) is 0 Å². The Kier molecular flexibility index (Phi) is 5.58. The Bertz CT molecular complexity index is 1540. The predicted octanol–water partition coefficient (Wildman–Crippen LogP) is 6.43. The Labute approximate surface area is 205 Å². The van der Waals surface area contributed by atoms with E-state index in [1.54, 1.807) is 6.20 Å². The van der Waals surface area contributed by atoms with Gasteiger partial charge in [-0.2, -0.15) is 10.4 Å². The van der Waals surface area contributed by atoms with E-state index in [0.29, 0.717) is 18.5 Å². The predicted molar refractivity (Wildman–Crippen MR) is 129 cm³/mol. The van der Waals surface area contributed by atoms with Gasteiger partial charge in [-0.05, 0) is 61.4 Å². The lowest BCUT2D eigenvalue weighted by atomic mass is 9.73. The number of nitrogens with zero attached hydrogens (tertiary/aromatic N) is 3. The van der Waals surface area contributed by atoms with Gasteiger partial charge in [0.15, 0.2) is 11.6 Å². The second-order valence-corrected chi connectivity index (χ2v) is 10.3. The molecule has 1 saturated carbocycles. The molecule has 1 aliphatic carbocycles. The number of hydrogen-bond donors (Lipinski definition) is 2. The zero-order valence-electron chi connectivity index (χ0n) is 19.9. The standard InChI is InChI=1S/C27H25F3N4O2/c1-26(2,9-10-31)24-23(15-5-7-27(30,8-6-15)25(35)36)18-13-21-16(14-32-33-21)11-22(18)34(24)17-3-4-19(28)20(29)12-17/h3-4,11-15H,5-9H2,1-2H3,(H,32,33)(H,35,36)/t15-,27+. The van der Waals surface area contributed by atoms with Crippen LogP contribution < -0.4 is 0 Å². The highest BCUT2D eigenvalue weighted by atomic mass is 19.2. The number of aromatic amines is 1. The molecular formula is C27H25F3N4O2. The molecule has 5 rings (SSSR count). The lowest BCUT2D eigenvalue weighted by Gasteiger charge is -2.34. The Morgan fingerprint density at radius 2 is 1.97 bits per heavy atom. The Balaban J connectivity index is 1.83. The second kappa shape index (κ2) is 8.40. The van der Waals surface area contributed by atoms with Crippen molar-refractivity contribution in [2.24, 2.45) is 0 Å². The van der Waals surface area contributed by atoms with Crippen molar-refractivity contribution in [2.75, 3.05) is 0 Å². The van der Waals surface area contributed by atoms with Crippen molar-refractivity contribution in [3.63, 3.8) is 0 Å². The van der Waals surface area contributed by atoms with E-state index in [9.17, 15) is 28.3 Å². The molecule has 0 bridgehead atoms. The van der Waals surface area contributed by atoms with Gasteiger partial charge < -0.3 is 9.67 Å². The number of aliphatic carboxylic acids is 1. The van der Waals surface area contributed by atoms with Gasteiger partial charge in [0, 0.05) is 40.1 Å². The van der Waals surface area contributed by atoms with E-state index in [1.807, 2.05) is 30.5 Å². The number of fused-ring (bicyclic) bond motifs is 2. The summed E-state index contributed by atoms with van der Waals surface area (Å²) in [5.74, 6) is -3.60. The smallest absolute Gasteiger partial charge is 0.341 e. The number of carbonyl (C=O) groups is 1. The first-order valence-electron chi connectivity index (χ1n) is 11.8. The third-order valence-electron chi connectivity index (χ3n) is 7.46. The van der Waals surface area contributed by atoms with E-state index in [4.69, 9.17) is 0 Å². The van der Waals surface area contributed by atoms with Crippen molar-refractivity contribution in [2.45, 2.75) is 63.0 Å². The van der Waals surface area contributed by atoms with Crippen LogP contribution in [-0.2, 0) is 10.2 Å². The van der Waals surface area contributed by atoms with Crippen LogP contribution in [0.2, 0.25) is 0 Å². The SMILES string of the molecule is CC(C)(CC#N)c1c([C@H]2CC[C@](F)(C(=O)O)CC2)c2cc3[nH]ncc3cc2n1-c1ccc(F)c(F)c1. The first-order chi connectivity index (χ1) is 17.1. The minimum Gasteiger partial charge on any atom is -0.479 e. The van der Waals surface area contributed by atoms with Crippen molar-refractivity contribution in [3.05, 3.63) is 59.4 Å². The summed E-state index contributed by atoms with van der Waals surface area (Å²) in [5.41, 5.74) is 0.537. The number of nitrogens with one attached hydrogen (secondary N) is 1. The molecule has 1 aliphatic rings. The van der Waals surface area contributed by atoms with Crippen LogP contribution >= 0.6 is 0 Å². The number of halogens is 3. The number of carboxylic acid groups (broad SMARTS) is 1. The maximum Gasteiger partial charge on any atom is 0.341 e. The Morgan fingerprint density at radius 1 is 1.25 bits per heavy atom. The zero-order valence-corrected chi connectivity index (χ0v) is 19.9. The lowest BCUT2D eigenvalue weighted by Crippen LogP contribution is -2.37. The molecule has 2 heterocycles. The van der Waals surface area contributed by atoms with Crippen LogP contribution in [0.4, 0.5) is 13.2 Å². The molecule has 2 aromatic carbocycles. The minimum absolute atomic E-state index is 0.130. The van der Waals surface area contributed by atoms with Gasteiger partial charge in [-0.1, -0.05) is 13.8 Å². The molecule has 4 aromatic rings. The summed E-state index contributed by atoms with van der Waals surface area (Å²) in [4.78, 5) is 11.5. The van der Waals surface area contributed by atoms with Crippen LogP contribution in [-0.4, -0.2) is 31.5 Å². The second-order valence-electron chi connectivity index (χ2n) is 10.3. The van der Waals surface area contributed by atoms with Gasteiger partial charge in [-0.25, -0.2) is 18.0 Å². The summed E-state index contributed by atoms with van der Waals surface area (Å²) >= 11 is 0. The molecule has 186 valence electrons. The summed E-state index contributed by atoms with van der Waals surface area (Å²) < 4.78 is 45.1. The normalized spacial score (nSPS) is 20.6. The van der Waals surface area contributed by atoms with E-state index >= 15 is 0 Å². The van der Waals surface area contributed by atoms with Gasteiger partial charge in [-0.15, -0.1) is 0 Å². The minimum atomic E-state index is -2.27. The first kappa shape index (κ1) is 23.9. The number of rotatable bonds is 5. The van der Waals surface area contributed by atoms with Gasteiger partial charge in [-0.3, -0.25) is 5.10 Å². The summed E-state index contributed by atoms with van der Waals surface area (Å²) in [5, 5.41) is 27.7. The quantitative estimate of drug-likeness (QED) is 0.334. The molecule has 0 aliphatic heterocycles. The molecule has 2 aromatic heterocycles. The van der Waals surface area contributed by atoms with Gasteiger partial charge in [0.25, 0.3) is 0 Å². The van der Waals surface area contributed by atoms with Crippen LogP contribution in [0.25, 0.3) is 27.5 Å². The highest BCUT2D eigenvalue weighted by Crippen LogP contribution is 2.49. The molecule has 6 nitrogen and oxygen atoms in total. The number of carboxylic acids is 1. The molecule has 9 heteroatoms. The van der Waals surface area contributed by atoms with E-state index in [-0.39, 0.29) is 25.2 Å². The van der Waals surface area contributed by atoms with Crippen LogP contribution in [0, 0.1) is 23.0 Å². The third kappa shape index (κ3) is 3.72. The number of hydrogen-bond acceptors (Lipinski definition) is 3. The first-order valence-corrected chi connectivity index (χ1v) is 11.8. The van der Waals surface area contributed by atoms with Crippen LogP contribution in [0.1, 0.15) is 63.1 Å². The highest BCUT2D eigenvalue weighted by molar-refractivity contribution is 5.99. The number of nitriles is 1. The fraction of sp³-hybridized carbons (Fsp3) is 0.370. The average molecular weight is 495 g/mol. The van der Waals surface area contributed by atoms with Crippen molar-refractivity contribution >= 4 is 27.8 Å². The summed E-state index contributed by atoms with van der Waals surface area (Å²) in [6.07, 6.45) is 2.16. The maximum absolute atomic E-state index is 14.9. The monoisotopic (exact) mass is 494 g/mol.